The molecular formula is C24H19F2N3O3S2. The summed E-state index contributed by atoms with van der Waals surface area (Å²) in [5.74, 6) is -2.14. The lowest BCUT2D eigenvalue weighted by molar-refractivity contribution is 0.104. The molecule has 0 spiro atoms. The second-order valence-electron chi connectivity index (χ2n) is 7.40. The molecule has 0 aliphatic carbocycles. The molecule has 6 nitrogen and oxygen atoms in total. The molecule has 174 valence electrons. The number of carbonyl (C=O) groups excluding carboxylic acids is 1. The number of aryl methyl sites for hydroxylation is 1. The lowest BCUT2D eigenvalue weighted by Crippen LogP contribution is -2.24. The molecule has 0 radical (unpaired) electrons. The Morgan fingerprint density at radius 3 is 2.59 bits per heavy atom. The average Bonchev–Trinajstić information content (AvgIpc) is 3.26. The molecule has 0 saturated heterocycles. The summed E-state index contributed by atoms with van der Waals surface area (Å²) < 4.78 is 54.0. The van der Waals surface area contributed by atoms with E-state index in [0.29, 0.717) is 32.9 Å². The molecule has 4 aromatic rings. The van der Waals surface area contributed by atoms with Crippen LogP contribution in [0, 0.1) is 18.6 Å². The smallest absolute Gasteiger partial charge is 0.243 e. The van der Waals surface area contributed by atoms with E-state index in [1.165, 1.54) is 17.5 Å². The summed E-state index contributed by atoms with van der Waals surface area (Å²) in [7, 11) is -4.17. The molecular weight excluding hydrogens is 480 g/mol. The van der Waals surface area contributed by atoms with Crippen molar-refractivity contribution in [1.29, 1.82) is 0 Å². The van der Waals surface area contributed by atoms with Crippen LogP contribution in [0.5, 0.6) is 0 Å². The van der Waals surface area contributed by atoms with E-state index in [-0.39, 0.29) is 12.3 Å². The van der Waals surface area contributed by atoms with Gasteiger partial charge in [0, 0.05) is 23.9 Å². The van der Waals surface area contributed by atoms with Crippen LogP contribution >= 0.6 is 11.3 Å². The SMILES string of the molecule is Cc1ccccc1C(=O)c1cnc(Nc2cccc(CNS(=O)(=O)c3ccc(F)cc3F)c2)s1. The topological polar surface area (TPSA) is 88.2 Å². The molecule has 3 aromatic carbocycles. The molecule has 1 heterocycles. The zero-order chi connectivity index (χ0) is 24.3. The van der Waals surface area contributed by atoms with Crippen molar-refractivity contribution in [1.82, 2.24) is 9.71 Å². The number of aromatic nitrogens is 1. The first-order chi connectivity index (χ1) is 16.2. The number of nitrogens with zero attached hydrogens (tertiary/aromatic N) is 1. The Kier molecular flexibility index (Phi) is 6.82. The predicted molar refractivity (Wildman–Crippen MR) is 127 cm³/mol. The fraction of sp³-hybridized carbons (Fsp3) is 0.0833. The minimum Gasteiger partial charge on any atom is -0.332 e. The van der Waals surface area contributed by atoms with E-state index in [4.69, 9.17) is 0 Å². The van der Waals surface area contributed by atoms with Crippen molar-refractivity contribution in [3.8, 4) is 0 Å². The number of hydrogen-bond acceptors (Lipinski definition) is 6. The van der Waals surface area contributed by atoms with Crippen LogP contribution in [0.15, 0.2) is 77.8 Å². The fourth-order valence-electron chi connectivity index (χ4n) is 3.23. The normalized spacial score (nSPS) is 11.4. The number of ketones is 1. The lowest BCUT2D eigenvalue weighted by atomic mass is 10.0. The molecule has 0 unspecified atom stereocenters. The van der Waals surface area contributed by atoms with Gasteiger partial charge in [0.05, 0.1) is 11.1 Å². The molecule has 0 atom stereocenters. The van der Waals surface area contributed by atoms with Gasteiger partial charge in [-0.2, -0.15) is 0 Å². The number of benzene rings is 3. The maximum Gasteiger partial charge on any atom is 0.243 e. The van der Waals surface area contributed by atoms with Gasteiger partial charge in [0.2, 0.25) is 15.8 Å². The average molecular weight is 500 g/mol. The summed E-state index contributed by atoms with van der Waals surface area (Å²) in [5, 5.41) is 3.61. The number of halogens is 2. The second kappa shape index (κ2) is 9.80. The number of anilines is 2. The van der Waals surface area contributed by atoms with E-state index < -0.39 is 26.6 Å². The first kappa shape index (κ1) is 23.7. The first-order valence-corrected chi connectivity index (χ1v) is 12.4. The summed E-state index contributed by atoms with van der Waals surface area (Å²) in [6, 6.07) is 16.5. The molecule has 0 aliphatic rings. The van der Waals surface area contributed by atoms with Crippen molar-refractivity contribution in [2.75, 3.05) is 5.32 Å². The van der Waals surface area contributed by atoms with Crippen LogP contribution in [0.2, 0.25) is 0 Å². The predicted octanol–water partition coefficient (Wildman–Crippen LogP) is 5.18. The molecule has 2 N–H and O–H groups in total. The van der Waals surface area contributed by atoms with Gasteiger partial charge in [-0.15, -0.1) is 0 Å². The number of rotatable bonds is 8. The van der Waals surface area contributed by atoms with E-state index in [2.05, 4.69) is 15.0 Å². The number of nitrogens with one attached hydrogen (secondary N) is 2. The highest BCUT2D eigenvalue weighted by Crippen LogP contribution is 2.26. The Hall–Kier alpha value is -3.47. The zero-order valence-electron chi connectivity index (χ0n) is 17.9. The highest BCUT2D eigenvalue weighted by atomic mass is 32.2. The van der Waals surface area contributed by atoms with Gasteiger partial charge in [0.1, 0.15) is 16.5 Å². The largest absolute Gasteiger partial charge is 0.332 e. The fourth-order valence-corrected chi connectivity index (χ4v) is 5.09. The van der Waals surface area contributed by atoms with Gasteiger partial charge in [0.15, 0.2) is 5.13 Å². The van der Waals surface area contributed by atoms with Gasteiger partial charge >= 0.3 is 0 Å². The Morgan fingerprint density at radius 1 is 1.03 bits per heavy atom. The van der Waals surface area contributed by atoms with Crippen molar-refractivity contribution in [2.45, 2.75) is 18.4 Å². The molecule has 0 fully saturated rings. The lowest BCUT2D eigenvalue weighted by Gasteiger charge is -2.09. The number of hydrogen-bond donors (Lipinski definition) is 2. The van der Waals surface area contributed by atoms with Crippen LogP contribution in [0.4, 0.5) is 19.6 Å². The molecule has 34 heavy (non-hydrogen) atoms. The standard InChI is InChI=1S/C24H19F2N3O3S2/c1-15-5-2-3-8-19(15)23(30)21-14-27-24(33-21)29-18-7-4-6-16(11-18)13-28-34(31,32)22-10-9-17(25)12-20(22)26/h2-12,14,28H,13H2,1H3,(H,27,29). The quantitative estimate of drug-likeness (QED) is 0.326. The molecule has 4 rings (SSSR count). The van der Waals surface area contributed by atoms with Gasteiger partial charge < -0.3 is 5.32 Å². The first-order valence-electron chi connectivity index (χ1n) is 10.1. The van der Waals surface area contributed by atoms with Gasteiger partial charge in [-0.3, -0.25) is 4.79 Å². The zero-order valence-corrected chi connectivity index (χ0v) is 19.5. The van der Waals surface area contributed by atoms with Crippen LogP contribution in [0.3, 0.4) is 0 Å². The van der Waals surface area contributed by atoms with Crippen molar-refractivity contribution >= 4 is 38.0 Å². The Labute approximate surface area is 199 Å². The summed E-state index contributed by atoms with van der Waals surface area (Å²) in [4.78, 5) is 16.9. The third-order valence-corrected chi connectivity index (χ3v) is 7.29. The summed E-state index contributed by atoms with van der Waals surface area (Å²) >= 11 is 1.21. The molecule has 1 aromatic heterocycles. The minimum atomic E-state index is -4.17. The Morgan fingerprint density at radius 2 is 1.82 bits per heavy atom. The number of carbonyl (C=O) groups is 1. The van der Waals surface area contributed by atoms with Gasteiger partial charge in [0.25, 0.3) is 0 Å². The number of sulfonamides is 1. The third kappa shape index (κ3) is 5.36. The molecule has 0 saturated carbocycles. The highest BCUT2D eigenvalue weighted by molar-refractivity contribution is 7.89. The van der Waals surface area contributed by atoms with Gasteiger partial charge in [-0.25, -0.2) is 26.9 Å². The van der Waals surface area contributed by atoms with Gasteiger partial charge in [-0.1, -0.05) is 47.7 Å². The van der Waals surface area contributed by atoms with E-state index in [1.807, 2.05) is 25.1 Å². The van der Waals surface area contributed by atoms with Crippen molar-refractivity contribution in [3.63, 3.8) is 0 Å². The van der Waals surface area contributed by atoms with Crippen LogP contribution in [-0.2, 0) is 16.6 Å². The minimum absolute atomic E-state index is 0.108. The molecule has 10 heteroatoms. The van der Waals surface area contributed by atoms with Crippen LogP contribution in [-0.4, -0.2) is 19.2 Å². The highest BCUT2D eigenvalue weighted by Gasteiger charge is 2.19. The summed E-state index contributed by atoms with van der Waals surface area (Å²) in [6.45, 7) is 1.77. The van der Waals surface area contributed by atoms with Gasteiger partial charge in [-0.05, 0) is 42.3 Å². The van der Waals surface area contributed by atoms with Crippen LogP contribution < -0.4 is 10.0 Å². The Bertz CT molecular complexity index is 1470. The summed E-state index contributed by atoms with van der Waals surface area (Å²) in [6.07, 6.45) is 1.51. The molecule has 0 amide bonds. The number of thiazole rings is 1. The van der Waals surface area contributed by atoms with E-state index >= 15 is 0 Å². The molecule has 0 aliphatic heterocycles. The monoisotopic (exact) mass is 499 g/mol. The second-order valence-corrected chi connectivity index (χ2v) is 10.2. The van der Waals surface area contributed by atoms with Crippen LogP contribution in [0.25, 0.3) is 0 Å². The van der Waals surface area contributed by atoms with Crippen molar-refractivity contribution in [3.05, 3.63) is 106 Å². The maximum absolute atomic E-state index is 13.9. The van der Waals surface area contributed by atoms with Crippen molar-refractivity contribution < 1.29 is 22.0 Å². The third-order valence-electron chi connectivity index (χ3n) is 4.95. The van der Waals surface area contributed by atoms with E-state index in [1.54, 1.807) is 30.3 Å². The van der Waals surface area contributed by atoms with Crippen LogP contribution in [0.1, 0.15) is 26.4 Å². The van der Waals surface area contributed by atoms with E-state index in [9.17, 15) is 22.0 Å². The Balaban J connectivity index is 1.44. The maximum atomic E-state index is 13.9. The summed E-state index contributed by atoms with van der Waals surface area (Å²) in [5.41, 5.74) is 2.73. The van der Waals surface area contributed by atoms with E-state index in [0.717, 1.165) is 17.7 Å². The van der Waals surface area contributed by atoms with Crippen molar-refractivity contribution in [2.24, 2.45) is 0 Å². The molecule has 0 bridgehead atoms.